The molecular formula is C17H24N2O2. The summed E-state index contributed by atoms with van der Waals surface area (Å²) in [5.41, 5.74) is 1.29. The van der Waals surface area contributed by atoms with Gasteiger partial charge in [0.15, 0.2) is 0 Å². The molecule has 0 spiro atoms. The molecule has 0 aromatic heterocycles. The van der Waals surface area contributed by atoms with Crippen LogP contribution in [0.3, 0.4) is 0 Å². The lowest BCUT2D eigenvalue weighted by Gasteiger charge is -2.33. The summed E-state index contributed by atoms with van der Waals surface area (Å²) in [6.07, 6.45) is 4.02. The van der Waals surface area contributed by atoms with Crippen LogP contribution in [0.25, 0.3) is 0 Å². The fourth-order valence-electron chi connectivity index (χ4n) is 3.42. The standard InChI is InChI=1S/C17H24N2O2/c1-13-18-16(10-9-14-6-3-2-4-7-14)17(20)19(13)15-8-5-11-21-12-15/h2-4,6-7,13,15-16,18H,5,8-12H2,1H3. The highest BCUT2D eigenvalue weighted by Crippen LogP contribution is 2.22. The summed E-state index contributed by atoms with van der Waals surface area (Å²) in [5, 5.41) is 3.44. The van der Waals surface area contributed by atoms with E-state index < -0.39 is 0 Å². The lowest BCUT2D eigenvalue weighted by Crippen LogP contribution is -2.47. The van der Waals surface area contributed by atoms with E-state index in [4.69, 9.17) is 4.74 Å². The zero-order valence-electron chi connectivity index (χ0n) is 12.6. The largest absolute Gasteiger partial charge is 0.379 e. The summed E-state index contributed by atoms with van der Waals surface area (Å²) in [7, 11) is 0. The van der Waals surface area contributed by atoms with Crippen LogP contribution >= 0.6 is 0 Å². The molecule has 3 rings (SSSR count). The molecule has 0 bridgehead atoms. The lowest BCUT2D eigenvalue weighted by atomic mass is 10.0. The molecule has 3 atom stereocenters. The van der Waals surface area contributed by atoms with Gasteiger partial charge in [-0.3, -0.25) is 10.1 Å². The summed E-state index contributed by atoms with van der Waals surface area (Å²) in [6.45, 7) is 3.59. The highest BCUT2D eigenvalue weighted by atomic mass is 16.5. The van der Waals surface area contributed by atoms with Crippen molar-refractivity contribution in [2.45, 2.75) is 50.9 Å². The highest BCUT2D eigenvalue weighted by Gasteiger charge is 2.40. The van der Waals surface area contributed by atoms with Gasteiger partial charge in [-0.2, -0.15) is 0 Å². The van der Waals surface area contributed by atoms with Crippen molar-refractivity contribution >= 4 is 5.91 Å². The van der Waals surface area contributed by atoms with Crippen LogP contribution in [-0.4, -0.2) is 42.3 Å². The average Bonchev–Trinajstić information content (AvgIpc) is 2.81. The van der Waals surface area contributed by atoms with Crippen LogP contribution in [0.15, 0.2) is 30.3 Å². The third-order valence-corrected chi connectivity index (χ3v) is 4.51. The van der Waals surface area contributed by atoms with Crippen molar-refractivity contribution in [3.63, 3.8) is 0 Å². The van der Waals surface area contributed by atoms with Gasteiger partial charge in [0.05, 0.1) is 24.9 Å². The minimum atomic E-state index is -0.0536. The zero-order chi connectivity index (χ0) is 14.7. The van der Waals surface area contributed by atoms with Crippen molar-refractivity contribution in [2.75, 3.05) is 13.2 Å². The normalized spacial score (nSPS) is 29.9. The summed E-state index contributed by atoms with van der Waals surface area (Å²) in [4.78, 5) is 14.7. The van der Waals surface area contributed by atoms with Crippen LogP contribution < -0.4 is 5.32 Å². The maximum absolute atomic E-state index is 12.6. The van der Waals surface area contributed by atoms with Crippen LogP contribution in [0, 0.1) is 0 Å². The first-order valence-corrected chi connectivity index (χ1v) is 7.95. The third-order valence-electron chi connectivity index (χ3n) is 4.51. The number of nitrogens with one attached hydrogen (secondary N) is 1. The van der Waals surface area contributed by atoms with Gasteiger partial charge in [0.2, 0.25) is 5.91 Å². The number of hydrogen-bond acceptors (Lipinski definition) is 3. The van der Waals surface area contributed by atoms with Crippen LogP contribution in [0.1, 0.15) is 31.7 Å². The molecule has 2 aliphatic rings. The van der Waals surface area contributed by atoms with Crippen molar-refractivity contribution in [3.05, 3.63) is 35.9 Å². The SMILES string of the molecule is CC1NC(CCc2ccccc2)C(=O)N1C1CCCOC1. The number of carbonyl (C=O) groups is 1. The first-order valence-electron chi connectivity index (χ1n) is 7.95. The second-order valence-electron chi connectivity index (χ2n) is 6.04. The van der Waals surface area contributed by atoms with Gasteiger partial charge < -0.3 is 9.64 Å². The molecule has 2 saturated heterocycles. The molecular weight excluding hydrogens is 264 g/mol. The Hall–Kier alpha value is -1.39. The van der Waals surface area contributed by atoms with Crippen LogP contribution in [0.5, 0.6) is 0 Å². The Kier molecular flexibility index (Phi) is 4.56. The molecule has 1 aromatic rings. The molecule has 4 nitrogen and oxygen atoms in total. The van der Waals surface area contributed by atoms with E-state index in [9.17, 15) is 4.79 Å². The predicted octanol–water partition coefficient (Wildman–Crippen LogP) is 1.94. The first kappa shape index (κ1) is 14.5. The summed E-state index contributed by atoms with van der Waals surface area (Å²) >= 11 is 0. The lowest BCUT2D eigenvalue weighted by molar-refractivity contribution is -0.134. The van der Waals surface area contributed by atoms with E-state index in [1.54, 1.807) is 0 Å². The molecule has 4 heteroatoms. The fraction of sp³-hybridized carbons (Fsp3) is 0.588. The van der Waals surface area contributed by atoms with Crippen molar-refractivity contribution in [1.82, 2.24) is 10.2 Å². The molecule has 1 N–H and O–H groups in total. The Labute approximate surface area is 126 Å². The zero-order valence-corrected chi connectivity index (χ0v) is 12.6. The van der Waals surface area contributed by atoms with E-state index in [0.29, 0.717) is 6.61 Å². The highest BCUT2D eigenvalue weighted by molar-refractivity contribution is 5.84. The maximum atomic E-state index is 12.6. The Morgan fingerprint density at radius 3 is 2.86 bits per heavy atom. The Morgan fingerprint density at radius 2 is 2.14 bits per heavy atom. The molecule has 3 unspecified atom stereocenters. The third kappa shape index (κ3) is 3.27. The van der Waals surface area contributed by atoms with Gasteiger partial charge in [0.1, 0.15) is 0 Å². The Morgan fingerprint density at radius 1 is 1.33 bits per heavy atom. The second kappa shape index (κ2) is 6.58. The molecule has 2 heterocycles. The van der Waals surface area contributed by atoms with E-state index in [0.717, 1.165) is 32.3 Å². The Bertz CT molecular complexity index is 471. The van der Waals surface area contributed by atoms with Crippen molar-refractivity contribution in [2.24, 2.45) is 0 Å². The number of carbonyl (C=O) groups excluding carboxylic acids is 1. The maximum Gasteiger partial charge on any atom is 0.241 e. The molecule has 2 aliphatic heterocycles. The molecule has 114 valence electrons. The van der Waals surface area contributed by atoms with Gasteiger partial charge in [0, 0.05) is 6.61 Å². The number of hydrogen-bond donors (Lipinski definition) is 1. The topological polar surface area (TPSA) is 41.6 Å². The number of aryl methyl sites for hydroxylation is 1. The first-order chi connectivity index (χ1) is 10.3. The number of nitrogens with zero attached hydrogens (tertiary/aromatic N) is 1. The average molecular weight is 288 g/mol. The van der Waals surface area contributed by atoms with E-state index in [-0.39, 0.29) is 24.2 Å². The van der Waals surface area contributed by atoms with E-state index in [2.05, 4.69) is 24.4 Å². The van der Waals surface area contributed by atoms with Crippen molar-refractivity contribution in [3.8, 4) is 0 Å². The minimum absolute atomic E-state index is 0.0536. The second-order valence-corrected chi connectivity index (χ2v) is 6.04. The van der Waals surface area contributed by atoms with Gasteiger partial charge in [-0.15, -0.1) is 0 Å². The van der Waals surface area contributed by atoms with Crippen LogP contribution in [0.2, 0.25) is 0 Å². The smallest absolute Gasteiger partial charge is 0.241 e. The number of rotatable bonds is 4. The monoisotopic (exact) mass is 288 g/mol. The molecule has 1 amide bonds. The molecule has 0 radical (unpaired) electrons. The Balaban J connectivity index is 1.59. The van der Waals surface area contributed by atoms with Gasteiger partial charge >= 0.3 is 0 Å². The minimum Gasteiger partial charge on any atom is -0.379 e. The van der Waals surface area contributed by atoms with Crippen LogP contribution in [0.4, 0.5) is 0 Å². The van der Waals surface area contributed by atoms with Crippen molar-refractivity contribution in [1.29, 1.82) is 0 Å². The van der Waals surface area contributed by atoms with E-state index in [1.165, 1.54) is 5.56 Å². The van der Waals surface area contributed by atoms with Gasteiger partial charge in [-0.05, 0) is 38.2 Å². The molecule has 0 saturated carbocycles. The van der Waals surface area contributed by atoms with Gasteiger partial charge in [0.25, 0.3) is 0 Å². The van der Waals surface area contributed by atoms with Crippen molar-refractivity contribution < 1.29 is 9.53 Å². The van der Waals surface area contributed by atoms with Crippen LogP contribution in [-0.2, 0) is 16.0 Å². The fourth-order valence-corrected chi connectivity index (χ4v) is 3.42. The molecule has 21 heavy (non-hydrogen) atoms. The summed E-state index contributed by atoms with van der Waals surface area (Å²) in [5.74, 6) is 0.244. The number of ether oxygens (including phenoxy) is 1. The van der Waals surface area contributed by atoms with Gasteiger partial charge in [-0.1, -0.05) is 30.3 Å². The molecule has 1 aromatic carbocycles. The van der Waals surface area contributed by atoms with E-state index in [1.807, 2.05) is 23.1 Å². The summed E-state index contributed by atoms with van der Waals surface area (Å²) in [6, 6.07) is 10.6. The number of benzene rings is 1. The summed E-state index contributed by atoms with van der Waals surface area (Å²) < 4.78 is 5.53. The molecule has 2 fully saturated rings. The van der Waals surface area contributed by atoms with E-state index >= 15 is 0 Å². The molecule has 0 aliphatic carbocycles. The van der Waals surface area contributed by atoms with Gasteiger partial charge in [-0.25, -0.2) is 0 Å². The predicted molar refractivity (Wildman–Crippen MR) is 81.8 cm³/mol. The quantitative estimate of drug-likeness (QED) is 0.920. The number of amides is 1.